The van der Waals surface area contributed by atoms with Crippen LogP contribution in [-0.4, -0.2) is 27.3 Å². The first-order valence-corrected chi connectivity index (χ1v) is 7.77. The van der Waals surface area contributed by atoms with Crippen molar-refractivity contribution >= 4 is 0 Å². The zero-order valence-corrected chi connectivity index (χ0v) is 12.8. The molecule has 0 spiro atoms. The highest BCUT2D eigenvalue weighted by Crippen LogP contribution is 2.19. The number of benzene rings is 1. The summed E-state index contributed by atoms with van der Waals surface area (Å²) in [7, 11) is 0. The van der Waals surface area contributed by atoms with Gasteiger partial charge in [-0.05, 0) is 45.4 Å². The minimum atomic E-state index is 0.0801. The molecule has 0 saturated carbocycles. The van der Waals surface area contributed by atoms with E-state index in [2.05, 4.69) is 16.9 Å². The van der Waals surface area contributed by atoms with Gasteiger partial charge in [-0.3, -0.25) is 14.8 Å². The highest BCUT2D eigenvalue weighted by atomic mass is 16.1. The molecule has 1 aromatic carbocycles. The summed E-state index contributed by atoms with van der Waals surface area (Å²) in [6.45, 7) is 6.10. The molecule has 1 aromatic heterocycles. The van der Waals surface area contributed by atoms with Crippen molar-refractivity contribution in [2.45, 2.75) is 45.7 Å². The summed E-state index contributed by atoms with van der Waals surface area (Å²) in [5.74, 6) is 0. The van der Waals surface area contributed by atoms with E-state index in [1.165, 1.54) is 19.3 Å². The Kier molecular flexibility index (Phi) is 3.97. The number of H-pyrrole nitrogens is 1. The van der Waals surface area contributed by atoms with Gasteiger partial charge in [-0.15, -0.1) is 0 Å². The van der Waals surface area contributed by atoms with E-state index in [0.717, 1.165) is 30.0 Å². The van der Waals surface area contributed by atoms with E-state index in [-0.39, 0.29) is 5.56 Å². The second-order valence-electron chi connectivity index (χ2n) is 6.01. The van der Waals surface area contributed by atoms with Gasteiger partial charge in [-0.1, -0.05) is 24.6 Å². The highest BCUT2D eigenvalue weighted by molar-refractivity contribution is 5.32. The van der Waals surface area contributed by atoms with Gasteiger partial charge < -0.3 is 0 Å². The van der Waals surface area contributed by atoms with Crippen LogP contribution in [0.25, 0.3) is 5.69 Å². The normalized spacial score (nSPS) is 19.8. The SMILES string of the molecule is Cc1[nH]n(-c2ccccc2)c(=O)c1CN1CCCCC1C. The van der Waals surface area contributed by atoms with E-state index in [1.807, 2.05) is 37.3 Å². The van der Waals surface area contributed by atoms with E-state index in [1.54, 1.807) is 4.68 Å². The van der Waals surface area contributed by atoms with Crippen molar-refractivity contribution in [2.24, 2.45) is 0 Å². The fourth-order valence-electron chi connectivity index (χ4n) is 3.12. The third-order valence-electron chi connectivity index (χ3n) is 4.51. The molecule has 112 valence electrons. The first-order chi connectivity index (χ1) is 10.2. The number of aromatic nitrogens is 2. The number of piperidine rings is 1. The molecule has 1 fully saturated rings. The fourth-order valence-corrected chi connectivity index (χ4v) is 3.12. The molecule has 1 aliphatic rings. The molecule has 1 unspecified atom stereocenters. The van der Waals surface area contributed by atoms with Crippen LogP contribution in [0, 0.1) is 6.92 Å². The second-order valence-corrected chi connectivity index (χ2v) is 6.01. The zero-order valence-electron chi connectivity index (χ0n) is 12.8. The minimum Gasteiger partial charge on any atom is -0.296 e. The molecular weight excluding hydrogens is 262 g/mol. The number of aromatic amines is 1. The van der Waals surface area contributed by atoms with E-state index in [0.29, 0.717) is 6.04 Å². The van der Waals surface area contributed by atoms with Gasteiger partial charge in [-0.2, -0.15) is 0 Å². The van der Waals surface area contributed by atoms with E-state index >= 15 is 0 Å². The van der Waals surface area contributed by atoms with Crippen LogP contribution in [0.1, 0.15) is 37.4 Å². The molecule has 4 nitrogen and oxygen atoms in total. The third-order valence-corrected chi connectivity index (χ3v) is 4.51. The monoisotopic (exact) mass is 285 g/mol. The predicted octanol–water partition coefficient (Wildman–Crippen LogP) is 2.85. The Morgan fingerprint density at radius 2 is 2.00 bits per heavy atom. The number of hydrogen-bond acceptors (Lipinski definition) is 2. The number of hydrogen-bond donors (Lipinski definition) is 1. The first kappa shape index (κ1) is 14.1. The minimum absolute atomic E-state index is 0.0801. The lowest BCUT2D eigenvalue weighted by atomic mass is 10.0. The van der Waals surface area contributed by atoms with Crippen molar-refractivity contribution in [1.29, 1.82) is 0 Å². The molecule has 3 rings (SSSR count). The van der Waals surface area contributed by atoms with Crippen LogP contribution in [-0.2, 0) is 6.54 Å². The van der Waals surface area contributed by atoms with Crippen molar-refractivity contribution in [3.05, 3.63) is 51.9 Å². The van der Waals surface area contributed by atoms with Crippen LogP contribution in [0.3, 0.4) is 0 Å². The Hall–Kier alpha value is -1.81. The number of para-hydroxylation sites is 1. The van der Waals surface area contributed by atoms with Crippen molar-refractivity contribution < 1.29 is 0 Å². The molecule has 1 N–H and O–H groups in total. The number of aryl methyl sites for hydroxylation is 1. The summed E-state index contributed by atoms with van der Waals surface area (Å²) in [6, 6.07) is 10.3. The van der Waals surface area contributed by atoms with E-state index < -0.39 is 0 Å². The quantitative estimate of drug-likeness (QED) is 0.942. The van der Waals surface area contributed by atoms with Crippen molar-refractivity contribution in [2.75, 3.05) is 6.54 Å². The van der Waals surface area contributed by atoms with Gasteiger partial charge in [0.1, 0.15) is 0 Å². The summed E-state index contributed by atoms with van der Waals surface area (Å²) >= 11 is 0. The smallest absolute Gasteiger partial charge is 0.275 e. The van der Waals surface area contributed by atoms with Crippen LogP contribution in [0.2, 0.25) is 0 Å². The fraction of sp³-hybridized carbons (Fsp3) is 0.471. The van der Waals surface area contributed by atoms with Gasteiger partial charge in [0.15, 0.2) is 0 Å². The predicted molar refractivity (Wildman–Crippen MR) is 84.8 cm³/mol. The summed E-state index contributed by atoms with van der Waals surface area (Å²) < 4.78 is 1.65. The number of rotatable bonds is 3. The average Bonchev–Trinajstić information content (AvgIpc) is 2.78. The molecule has 21 heavy (non-hydrogen) atoms. The Labute approximate surface area is 125 Å². The molecule has 0 aliphatic carbocycles. The van der Waals surface area contributed by atoms with Crippen LogP contribution in [0.4, 0.5) is 0 Å². The highest BCUT2D eigenvalue weighted by Gasteiger charge is 2.21. The lowest BCUT2D eigenvalue weighted by Crippen LogP contribution is -2.38. The molecule has 1 aliphatic heterocycles. The van der Waals surface area contributed by atoms with Crippen molar-refractivity contribution in [1.82, 2.24) is 14.7 Å². The second kappa shape index (κ2) is 5.90. The third kappa shape index (κ3) is 2.81. The van der Waals surface area contributed by atoms with Gasteiger partial charge in [-0.25, -0.2) is 4.68 Å². The van der Waals surface area contributed by atoms with Gasteiger partial charge >= 0.3 is 0 Å². The van der Waals surface area contributed by atoms with Crippen molar-refractivity contribution in [3.63, 3.8) is 0 Å². The van der Waals surface area contributed by atoms with E-state index in [9.17, 15) is 4.79 Å². The molecule has 2 aromatic rings. The standard InChI is InChI=1S/C17H23N3O/c1-13-8-6-7-11-19(13)12-16-14(2)18-20(17(16)21)15-9-4-3-5-10-15/h3-5,9-10,13,18H,6-8,11-12H2,1-2H3. The number of nitrogens with zero attached hydrogens (tertiary/aromatic N) is 2. The Balaban J connectivity index is 1.90. The average molecular weight is 285 g/mol. The largest absolute Gasteiger partial charge is 0.296 e. The van der Waals surface area contributed by atoms with Gasteiger partial charge in [0, 0.05) is 18.3 Å². The summed E-state index contributed by atoms with van der Waals surface area (Å²) in [6.07, 6.45) is 3.77. The molecular formula is C17H23N3O. The number of likely N-dealkylation sites (tertiary alicyclic amines) is 1. The topological polar surface area (TPSA) is 41.0 Å². The molecule has 1 saturated heterocycles. The molecule has 0 radical (unpaired) electrons. The maximum Gasteiger partial charge on any atom is 0.275 e. The maximum absolute atomic E-state index is 12.7. The summed E-state index contributed by atoms with van der Waals surface area (Å²) in [4.78, 5) is 15.1. The van der Waals surface area contributed by atoms with Crippen LogP contribution < -0.4 is 5.56 Å². The Morgan fingerprint density at radius 1 is 1.24 bits per heavy atom. The van der Waals surface area contributed by atoms with Crippen molar-refractivity contribution in [3.8, 4) is 5.69 Å². The van der Waals surface area contributed by atoms with Gasteiger partial charge in [0.25, 0.3) is 5.56 Å². The zero-order chi connectivity index (χ0) is 14.8. The number of nitrogens with one attached hydrogen (secondary N) is 1. The van der Waals surface area contributed by atoms with Gasteiger partial charge in [0.05, 0.1) is 11.3 Å². The molecule has 1 atom stereocenters. The molecule has 2 heterocycles. The maximum atomic E-state index is 12.7. The van der Waals surface area contributed by atoms with Crippen LogP contribution >= 0.6 is 0 Å². The summed E-state index contributed by atoms with van der Waals surface area (Å²) in [5.41, 5.74) is 2.84. The molecule has 0 bridgehead atoms. The lowest BCUT2D eigenvalue weighted by molar-refractivity contribution is 0.152. The van der Waals surface area contributed by atoms with Crippen LogP contribution in [0.5, 0.6) is 0 Å². The molecule has 4 heteroatoms. The first-order valence-electron chi connectivity index (χ1n) is 7.77. The molecule has 0 amide bonds. The van der Waals surface area contributed by atoms with Crippen LogP contribution in [0.15, 0.2) is 35.1 Å². The Bertz CT molecular complexity index is 656. The van der Waals surface area contributed by atoms with Gasteiger partial charge in [0.2, 0.25) is 0 Å². The lowest BCUT2D eigenvalue weighted by Gasteiger charge is -2.32. The Morgan fingerprint density at radius 3 is 2.71 bits per heavy atom. The summed E-state index contributed by atoms with van der Waals surface area (Å²) in [5, 5.41) is 3.21. The van der Waals surface area contributed by atoms with E-state index in [4.69, 9.17) is 0 Å².